The van der Waals surface area contributed by atoms with Crippen molar-refractivity contribution in [3.8, 4) is 11.5 Å². The Morgan fingerprint density at radius 1 is 1.07 bits per heavy atom. The number of rotatable bonds is 5. The van der Waals surface area contributed by atoms with E-state index in [0.29, 0.717) is 28.7 Å². The average molecular weight is 390 g/mol. The van der Waals surface area contributed by atoms with Crippen molar-refractivity contribution < 1.29 is 9.90 Å². The fraction of sp³-hybridized carbons (Fsp3) is 0.158. The van der Waals surface area contributed by atoms with Crippen LogP contribution in [0.2, 0.25) is 0 Å². The second kappa shape index (κ2) is 7.98. The Hall–Kier alpha value is -3.92. The van der Waals surface area contributed by atoms with Crippen LogP contribution in [0.3, 0.4) is 0 Å². The molecule has 0 radical (unpaired) electrons. The summed E-state index contributed by atoms with van der Waals surface area (Å²) in [6, 6.07) is 11.9. The van der Waals surface area contributed by atoms with Crippen LogP contribution in [-0.2, 0) is 0 Å². The molecule has 29 heavy (non-hydrogen) atoms. The maximum atomic E-state index is 12.3. The van der Waals surface area contributed by atoms with Gasteiger partial charge in [-0.05, 0) is 31.2 Å². The number of aliphatic hydroxyl groups is 1. The number of fused-ring (bicyclic) bond motifs is 1. The second-order valence-corrected chi connectivity index (χ2v) is 6.32. The number of benzene rings is 1. The van der Waals surface area contributed by atoms with Crippen LogP contribution in [0.25, 0.3) is 22.6 Å². The van der Waals surface area contributed by atoms with Gasteiger partial charge >= 0.3 is 6.03 Å². The minimum atomic E-state index is -0.496. The van der Waals surface area contributed by atoms with E-state index >= 15 is 0 Å². The molecule has 0 aliphatic rings. The number of carbonyl (C=O) groups is 1. The summed E-state index contributed by atoms with van der Waals surface area (Å²) in [6.45, 7) is 1.78. The summed E-state index contributed by atoms with van der Waals surface area (Å²) in [5.41, 5.74) is 1.95. The fourth-order valence-electron chi connectivity index (χ4n) is 2.75. The van der Waals surface area contributed by atoms with Crippen LogP contribution in [0.1, 0.15) is 13.0 Å². The SMILES string of the molecule is C[C@H](CO)n1cnnc1-c1cccc(NC(=O)Nc2cnc3ccccc3n2)n1. The van der Waals surface area contributed by atoms with E-state index < -0.39 is 6.03 Å². The molecule has 0 spiro atoms. The van der Waals surface area contributed by atoms with Crippen molar-refractivity contribution >= 4 is 28.7 Å². The Kier molecular flexibility index (Phi) is 5.08. The predicted molar refractivity (Wildman–Crippen MR) is 107 cm³/mol. The first-order valence-electron chi connectivity index (χ1n) is 8.91. The highest BCUT2D eigenvalue weighted by atomic mass is 16.3. The summed E-state index contributed by atoms with van der Waals surface area (Å²) in [7, 11) is 0. The van der Waals surface area contributed by atoms with Crippen LogP contribution >= 0.6 is 0 Å². The first kappa shape index (κ1) is 18.4. The van der Waals surface area contributed by atoms with Crippen molar-refractivity contribution in [2.45, 2.75) is 13.0 Å². The lowest BCUT2D eigenvalue weighted by molar-refractivity contribution is 0.239. The number of hydrogen-bond donors (Lipinski definition) is 3. The van der Waals surface area contributed by atoms with E-state index in [2.05, 4.69) is 35.8 Å². The molecule has 4 rings (SSSR count). The molecule has 10 heteroatoms. The smallest absolute Gasteiger partial charge is 0.326 e. The largest absolute Gasteiger partial charge is 0.394 e. The molecule has 10 nitrogen and oxygen atoms in total. The zero-order chi connectivity index (χ0) is 20.2. The topological polar surface area (TPSA) is 131 Å². The van der Waals surface area contributed by atoms with Crippen molar-refractivity contribution in [3.05, 3.63) is 55.0 Å². The van der Waals surface area contributed by atoms with Gasteiger partial charge in [0, 0.05) is 0 Å². The molecular formula is C19H18N8O2. The van der Waals surface area contributed by atoms with E-state index in [9.17, 15) is 9.90 Å². The van der Waals surface area contributed by atoms with Gasteiger partial charge in [-0.25, -0.2) is 14.8 Å². The van der Waals surface area contributed by atoms with Gasteiger partial charge < -0.3 is 9.67 Å². The van der Waals surface area contributed by atoms with E-state index in [0.717, 1.165) is 5.52 Å². The maximum Gasteiger partial charge on any atom is 0.326 e. The molecule has 1 aromatic carbocycles. The Morgan fingerprint density at radius 3 is 2.69 bits per heavy atom. The third kappa shape index (κ3) is 4.01. The maximum absolute atomic E-state index is 12.3. The molecule has 3 aromatic heterocycles. The number of para-hydroxylation sites is 2. The van der Waals surface area contributed by atoms with Crippen LogP contribution in [0.15, 0.2) is 55.0 Å². The predicted octanol–water partition coefficient (Wildman–Crippen LogP) is 2.48. The summed E-state index contributed by atoms with van der Waals surface area (Å²) in [5, 5.41) is 22.6. The van der Waals surface area contributed by atoms with E-state index in [1.54, 1.807) is 22.8 Å². The third-order valence-corrected chi connectivity index (χ3v) is 4.22. The molecule has 0 unspecified atom stereocenters. The number of anilines is 2. The number of pyridine rings is 1. The minimum absolute atomic E-state index is 0.0574. The number of carbonyl (C=O) groups excluding carboxylic acids is 1. The van der Waals surface area contributed by atoms with Gasteiger partial charge in [0.2, 0.25) is 0 Å². The van der Waals surface area contributed by atoms with Gasteiger partial charge in [-0.1, -0.05) is 18.2 Å². The zero-order valence-electron chi connectivity index (χ0n) is 15.5. The van der Waals surface area contributed by atoms with Crippen molar-refractivity contribution in [2.75, 3.05) is 17.2 Å². The van der Waals surface area contributed by atoms with Crippen molar-refractivity contribution in [3.63, 3.8) is 0 Å². The zero-order valence-corrected chi connectivity index (χ0v) is 15.5. The summed E-state index contributed by atoms with van der Waals surface area (Å²) >= 11 is 0. The number of urea groups is 1. The normalized spacial score (nSPS) is 11.9. The molecule has 0 saturated carbocycles. The minimum Gasteiger partial charge on any atom is -0.394 e. The van der Waals surface area contributed by atoms with Gasteiger partial charge in [0.15, 0.2) is 11.6 Å². The third-order valence-electron chi connectivity index (χ3n) is 4.22. The van der Waals surface area contributed by atoms with Crippen LogP contribution in [0.5, 0.6) is 0 Å². The number of hydrogen-bond acceptors (Lipinski definition) is 7. The molecule has 0 saturated heterocycles. The van der Waals surface area contributed by atoms with Gasteiger partial charge in [-0.3, -0.25) is 15.6 Å². The lowest BCUT2D eigenvalue weighted by atomic mass is 10.3. The molecule has 0 fully saturated rings. The van der Waals surface area contributed by atoms with Crippen molar-refractivity contribution in [2.24, 2.45) is 0 Å². The molecule has 4 aromatic rings. The number of nitrogens with one attached hydrogen (secondary N) is 2. The second-order valence-electron chi connectivity index (χ2n) is 6.32. The first-order chi connectivity index (χ1) is 14.1. The highest BCUT2D eigenvalue weighted by molar-refractivity contribution is 5.99. The number of amides is 2. The standard InChI is InChI=1S/C19H18N8O2/c1-12(10-28)27-11-21-26-18(27)15-7-4-8-16(23-15)24-19(29)25-17-9-20-13-5-2-3-6-14(13)22-17/h2-9,11-12,28H,10H2,1H3,(H2,22,23,24,25,29)/t12-/m1/s1. The van der Waals surface area contributed by atoms with Crippen LogP contribution in [-0.4, -0.2) is 47.5 Å². The number of aromatic nitrogens is 6. The van der Waals surface area contributed by atoms with E-state index in [4.69, 9.17) is 0 Å². The summed E-state index contributed by atoms with van der Waals surface area (Å²) in [6.07, 6.45) is 3.02. The van der Waals surface area contributed by atoms with Gasteiger partial charge in [0.25, 0.3) is 0 Å². The molecule has 3 N–H and O–H groups in total. The molecule has 0 aliphatic heterocycles. The molecule has 0 bridgehead atoms. The summed E-state index contributed by atoms with van der Waals surface area (Å²) in [4.78, 5) is 25.4. The Labute approximate surface area is 165 Å². The highest BCUT2D eigenvalue weighted by Gasteiger charge is 2.14. The molecule has 146 valence electrons. The molecule has 3 heterocycles. The first-order valence-corrected chi connectivity index (χ1v) is 8.91. The van der Waals surface area contributed by atoms with Crippen molar-refractivity contribution in [1.82, 2.24) is 29.7 Å². The Morgan fingerprint density at radius 2 is 1.86 bits per heavy atom. The van der Waals surface area contributed by atoms with E-state index in [1.807, 2.05) is 31.2 Å². The number of nitrogens with zero attached hydrogens (tertiary/aromatic N) is 6. The molecular weight excluding hydrogens is 372 g/mol. The van der Waals surface area contributed by atoms with Gasteiger partial charge in [0.05, 0.1) is 29.9 Å². The fourth-order valence-corrected chi connectivity index (χ4v) is 2.75. The van der Waals surface area contributed by atoms with Gasteiger partial charge in [-0.2, -0.15) is 0 Å². The van der Waals surface area contributed by atoms with Crippen molar-refractivity contribution in [1.29, 1.82) is 0 Å². The lowest BCUT2D eigenvalue weighted by Gasteiger charge is -2.12. The molecule has 1 atom stereocenters. The molecule has 0 aliphatic carbocycles. The Bertz CT molecular complexity index is 1160. The van der Waals surface area contributed by atoms with Crippen LogP contribution in [0, 0.1) is 0 Å². The molecule has 2 amide bonds. The summed E-state index contributed by atoms with van der Waals surface area (Å²) in [5.74, 6) is 1.16. The van der Waals surface area contributed by atoms with E-state index in [-0.39, 0.29) is 12.6 Å². The monoisotopic (exact) mass is 390 g/mol. The lowest BCUT2D eigenvalue weighted by Crippen LogP contribution is -2.21. The quantitative estimate of drug-likeness (QED) is 0.477. The van der Waals surface area contributed by atoms with Gasteiger partial charge in [0.1, 0.15) is 17.8 Å². The number of aliphatic hydroxyl groups excluding tert-OH is 1. The van der Waals surface area contributed by atoms with E-state index in [1.165, 1.54) is 12.5 Å². The van der Waals surface area contributed by atoms with Gasteiger partial charge in [-0.15, -0.1) is 10.2 Å². The highest BCUT2D eigenvalue weighted by Crippen LogP contribution is 2.20. The van der Waals surface area contributed by atoms with Crippen LogP contribution in [0.4, 0.5) is 16.4 Å². The Balaban J connectivity index is 1.50. The van der Waals surface area contributed by atoms with Crippen LogP contribution < -0.4 is 10.6 Å². The summed E-state index contributed by atoms with van der Waals surface area (Å²) < 4.78 is 1.72. The average Bonchev–Trinajstić information content (AvgIpc) is 3.23.